The monoisotopic (exact) mass is 267 g/mol. The van der Waals surface area contributed by atoms with Crippen LogP contribution in [0.5, 0.6) is 0 Å². The summed E-state index contributed by atoms with van der Waals surface area (Å²) in [6.07, 6.45) is 1.52. The third-order valence-corrected chi connectivity index (χ3v) is 3.37. The molecular weight excluding hydrogens is 246 g/mol. The van der Waals surface area contributed by atoms with Gasteiger partial charge in [-0.1, -0.05) is 61.5 Å². The van der Waals surface area contributed by atoms with E-state index in [4.69, 9.17) is 0 Å². The Morgan fingerprint density at radius 1 is 0.950 bits per heavy atom. The predicted molar refractivity (Wildman–Crippen MR) is 83.3 cm³/mol. The lowest BCUT2D eigenvalue weighted by molar-refractivity contribution is -0.130. The number of hydrogen-bond donors (Lipinski definition) is 0. The highest BCUT2D eigenvalue weighted by molar-refractivity contribution is 5.75. The van der Waals surface area contributed by atoms with Crippen molar-refractivity contribution in [3.05, 3.63) is 60.2 Å². The molecular formula is C18H21NO. The molecule has 0 unspecified atom stereocenters. The summed E-state index contributed by atoms with van der Waals surface area (Å²) in [6, 6.07) is 18.7. The predicted octanol–water partition coefficient (Wildman–Crippen LogP) is 4.11. The number of benzene rings is 2. The summed E-state index contributed by atoms with van der Waals surface area (Å²) in [5, 5.41) is 0. The summed E-state index contributed by atoms with van der Waals surface area (Å²) < 4.78 is 0. The van der Waals surface area contributed by atoms with Gasteiger partial charge in [0.15, 0.2) is 0 Å². The Kier molecular flexibility index (Phi) is 4.94. The number of hydrogen-bond acceptors (Lipinski definition) is 1. The molecule has 0 fully saturated rings. The van der Waals surface area contributed by atoms with E-state index in [1.54, 1.807) is 4.90 Å². The van der Waals surface area contributed by atoms with Crippen LogP contribution in [0.2, 0.25) is 0 Å². The van der Waals surface area contributed by atoms with Crippen LogP contribution >= 0.6 is 0 Å². The normalized spacial score (nSPS) is 10.3. The van der Waals surface area contributed by atoms with Crippen LogP contribution in [-0.4, -0.2) is 17.9 Å². The molecule has 0 bridgehead atoms. The van der Waals surface area contributed by atoms with E-state index in [-0.39, 0.29) is 5.91 Å². The van der Waals surface area contributed by atoms with E-state index in [2.05, 4.69) is 36.4 Å². The first-order valence-electron chi connectivity index (χ1n) is 7.09. The van der Waals surface area contributed by atoms with Gasteiger partial charge in [0.2, 0.25) is 5.91 Å². The quantitative estimate of drug-likeness (QED) is 0.798. The molecule has 2 rings (SSSR count). The van der Waals surface area contributed by atoms with Gasteiger partial charge < -0.3 is 4.90 Å². The Labute approximate surface area is 121 Å². The minimum atomic E-state index is 0.208. The summed E-state index contributed by atoms with van der Waals surface area (Å²) >= 11 is 0. The van der Waals surface area contributed by atoms with Gasteiger partial charge in [-0.3, -0.25) is 4.79 Å². The minimum absolute atomic E-state index is 0.208. The second-order valence-electron chi connectivity index (χ2n) is 5.06. The lowest BCUT2D eigenvalue weighted by Gasteiger charge is -2.17. The van der Waals surface area contributed by atoms with Crippen molar-refractivity contribution in [2.24, 2.45) is 0 Å². The van der Waals surface area contributed by atoms with Crippen LogP contribution in [0.1, 0.15) is 25.3 Å². The Hall–Kier alpha value is -2.09. The fourth-order valence-corrected chi connectivity index (χ4v) is 2.20. The van der Waals surface area contributed by atoms with Crippen molar-refractivity contribution in [2.45, 2.75) is 26.3 Å². The zero-order chi connectivity index (χ0) is 14.4. The number of carbonyl (C=O) groups excluding carboxylic acids is 1. The van der Waals surface area contributed by atoms with Crippen LogP contribution in [0, 0.1) is 0 Å². The molecule has 2 aromatic rings. The van der Waals surface area contributed by atoms with Crippen LogP contribution in [-0.2, 0) is 11.3 Å². The van der Waals surface area contributed by atoms with E-state index in [0.29, 0.717) is 13.0 Å². The first-order valence-corrected chi connectivity index (χ1v) is 7.09. The van der Waals surface area contributed by atoms with E-state index in [1.165, 1.54) is 11.1 Å². The molecule has 2 aromatic carbocycles. The van der Waals surface area contributed by atoms with Gasteiger partial charge in [0.05, 0.1) is 0 Å². The molecule has 0 saturated heterocycles. The maximum Gasteiger partial charge on any atom is 0.222 e. The third-order valence-electron chi connectivity index (χ3n) is 3.37. The highest BCUT2D eigenvalue weighted by Gasteiger charge is 2.07. The largest absolute Gasteiger partial charge is 0.341 e. The lowest BCUT2D eigenvalue weighted by Crippen LogP contribution is -2.25. The van der Waals surface area contributed by atoms with Gasteiger partial charge in [0, 0.05) is 20.0 Å². The standard InChI is InChI=1S/C18H21NO/c1-3-7-18(20)19(2)14-15-10-12-17(13-11-15)16-8-5-4-6-9-16/h4-6,8-13H,3,7,14H2,1-2H3. The highest BCUT2D eigenvalue weighted by Crippen LogP contribution is 2.19. The van der Waals surface area contributed by atoms with Crippen molar-refractivity contribution in [1.29, 1.82) is 0 Å². The topological polar surface area (TPSA) is 20.3 Å². The zero-order valence-electron chi connectivity index (χ0n) is 12.2. The maximum absolute atomic E-state index is 11.8. The van der Waals surface area contributed by atoms with Crippen LogP contribution < -0.4 is 0 Å². The molecule has 0 spiro atoms. The van der Waals surface area contributed by atoms with Crippen LogP contribution in [0.25, 0.3) is 11.1 Å². The van der Waals surface area contributed by atoms with Crippen molar-refractivity contribution < 1.29 is 4.79 Å². The van der Waals surface area contributed by atoms with Crippen LogP contribution in [0.4, 0.5) is 0 Å². The Morgan fingerprint density at radius 3 is 2.15 bits per heavy atom. The fourth-order valence-electron chi connectivity index (χ4n) is 2.20. The van der Waals surface area contributed by atoms with Gasteiger partial charge in [0.1, 0.15) is 0 Å². The van der Waals surface area contributed by atoms with Gasteiger partial charge in [-0.25, -0.2) is 0 Å². The average molecular weight is 267 g/mol. The fraction of sp³-hybridized carbons (Fsp3) is 0.278. The summed E-state index contributed by atoms with van der Waals surface area (Å²) in [6.45, 7) is 2.70. The Morgan fingerprint density at radius 2 is 1.55 bits per heavy atom. The molecule has 0 N–H and O–H groups in total. The average Bonchev–Trinajstić information content (AvgIpc) is 2.49. The molecule has 0 heterocycles. The molecule has 1 amide bonds. The minimum Gasteiger partial charge on any atom is -0.341 e. The molecule has 0 atom stereocenters. The smallest absolute Gasteiger partial charge is 0.222 e. The van der Waals surface area contributed by atoms with E-state index in [0.717, 1.165) is 12.0 Å². The zero-order valence-corrected chi connectivity index (χ0v) is 12.2. The van der Waals surface area contributed by atoms with Crippen molar-refractivity contribution in [2.75, 3.05) is 7.05 Å². The number of amides is 1. The SMILES string of the molecule is CCCC(=O)N(C)Cc1ccc(-c2ccccc2)cc1. The summed E-state index contributed by atoms with van der Waals surface area (Å²) in [5.74, 6) is 0.208. The molecule has 0 aliphatic rings. The van der Waals surface area contributed by atoms with E-state index < -0.39 is 0 Å². The molecule has 2 nitrogen and oxygen atoms in total. The number of nitrogens with zero attached hydrogens (tertiary/aromatic N) is 1. The van der Waals surface area contributed by atoms with Gasteiger partial charge in [-0.05, 0) is 23.1 Å². The molecule has 0 aromatic heterocycles. The van der Waals surface area contributed by atoms with E-state index in [9.17, 15) is 4.79 Å². The van der Waals surface area contributed by atoms with Gasteiger partial charge >= 0.3 is 0 Å². The second kappa shape index (κ2) is 6.90. The molecule has 0 aliphatic heterocycles. The first-order chi connectivity index (χ1) is 9.70. The van der Waals surface area contributed by atoms with Crippen LogP contribution in [0.3, 0.4) is 0 Å². The molecule has 0 radical (unpaired) electrons. The van der Waals surface area contributed by atoms with Crippen molar-refractivity contribution in [3.8, 4) is 11.1 Å². The molecule has 0 saturated carbocycles. The number of carbonyl (C=O) groups is 1. The lowest BCUT2D eigenvalue weighted by atomic mass is 10.0. The number of rotatable bonds is 5. The molecule has 20 heavy (non-hydrogen) atoms. The van der Waals surface area contributed by atoms with Crippen molar-refractivity contribution >= 4 is 5.91 Å². The van der Waals surface area contributed by atoms with Gasteiger partial charge in [-0.15, -0.1) is 0 Å². The van der Waals surface area contributed by atoms with E-state index in [1.807, 2.05) is 32.2 Å². The summed E-state index contributed by atoms with van der Waals surface area (Å²) in [7, 11) is 1.86. The second-order valence-corrected chi connectivity index (χ2v) is 5.06. The van der Waals surface area contributed by atoms with Crippen molar-refractivity contribution in [3.63, 3.8) is 0 Å². The van der Waals surface area contributed by atoms with Crippen molar-refractivity contribution in [1.82, 2.24) is 4.90 Å². The first kappa shape index (κ1) is 14.3. The van der Waals surface area contributed by atoms with Crippen LogP contribution in [0.15, 0.2) is 54.6 Å². The summed E-state index contributed by atoms with van der Waals surface area (Å²) in [5.41, 5.74) is 3.59. The molecule has 0 aliphatic carbocycles. The Bertz CT molecular complexity index is 545. The highest BCUT2D eigenvalue weighted by atomic mass is 16.2. The summed E-state index contributed by atoms with van der Waals surface area (Å²) in [4.78, 5) is 13.6. The van der Waals surface area contributed by atoms with Gasteiger partial charge in [-0.2, -0.15) is 0 Å². The molecule has 2 heteroatoms. The Balaban J connectivity index is 2.04. The molecule has 104 valence electrons. The van der Waals surface area contributed by atoms with E-state index >= 15 is 0 Å². The third kappa shape index (κ3) is 3.70. The maximum atomic E-state index is 11.8. The van der Waals surface area contributed by atoms with Gasteiger partial charge in [0.25, 0.3) is 0 Å².